The highest BCUT2D eigenvalue weighted by Gasteiger charge is 2.17. The van der Waals surface area contributed by atoms with E-state index in [1.165, 1.54) is 5.56 Å². The second-order valence-corrected chi connectivity index (χ2v) is 6.72. The van der Waals surface area contributed by atoms with Crippen LogP contribution in [0.3, 0.4) is 0 Å². The Morgan fingerprint density at radius 2 is 1.79 bits per heavy atom. The van der Waals surface area contributed by atoms with E-state index in [0.29, 0.717) is 18.1 Å². The fourth-order valence-electron chi connectivity index (χ4n) is 2.74. The van der Waals surface area contributed by atoms with Crippen LogP contribution in [0.2, 0.25) is 0 Å². The molecule has 3 aromatic rings. The van der Waals surface area contributed by atoms with Crippen molar-refractivity contribution in [2.75, 3.05) is 12.4 Å². The predicted octanol–water partition coefficient (Wildman–Crippen LogP) is 3.96. The van der Waals surface area contributed by atoms with Gasteiger partial charge in [-0.25, -0.2) is 4.68 Å². The molecule has 0 spiro atoms. The Balaban J connectivity index is 1.63. The summed E-state index contributed by atoms with van der Waals surface area (Å²) >= 11 is 0. The summed E-state index contributed by atoms with van der Waals surface area (Å²) in [6, 6.07) is 15.3. The van der Waals surface area contributed by atoms with Crippen LogP contribution in [0.1, 0.15) is 23.6 Å². The average molecular weight is 379 g/mol. The van der Waals surface area contributed by atoms with Crippen LogP contribution in [0.25, 0.3) is 0 Å². The fourth-order valence-corrected chi connectivity index (χ4v) is 2.74. The molecule has 0 unspecified atom stereocenters. The molecule has 6 nitrogen and oxygen atoms in total. The number of aromatic nitrogens is 2. The van der Waals surface area contributed by atoms with Crippen LogP contribution in [0.4, 0.5) is 5.82 Å². The molecule has 146 valence electrons. The number of carbonyl (C=O) groups is 1. The molecule has 28 heavy (non-hydrogen) atoms. The summed E-state index contributed by atoms with van der Waals surface area (Å²) in [4.78, 5) is 12.6. The van der Waals surface area contributed by atoms with Crippen molar-refractivity contribution >= 4 is 11.7 Å². The third-order valence-corrected chi connectivity index (χ3v) is 4.62. The zero-order chi connectivity index (χ0) is 20.1. The molecule has 0 aliphatic rings. The van der Waals surface area contributed by atoms with Crippen molar-refractivity contribution in [3.05, 3.63) is 71.4 Å². The van der Waals surface area contributed by atoms with E-state index in [4.69, 9.17) is 9.47 Å². The van der Waals surface area contributed by atoms with E-state index >= 15 is 0 Å². The first-order valence-electron chi connectivity index (χ1n) is 9.16. The van der Waals surface area contributed by atoms with Crippen molar-refractivity contribution in [1.29, 1.82) is 0 Å². The molecule has 3 rings (SSSR count). The van der Waals surface area contributed by atoms with Gasteiger partial charge in [-0.2, -0.15) is 5.10 Å². The number of aryl methyl sites for hydroxylation is 2. The Kier molecular flexibility index (Phi) is 5.99. The molecule has 1 atom stereocenters. The summed E-state index contributed by atoms with van der Waals surface area (Å²) in [5.74, 6) is 1.87. The summed E-state index contributed by atoms with van der Waals surface area (Å²) in [7, 11) is 1.64. The number of ether oxygens (including phenoxy) is 2. The maximum absolute atomic E-state index is 12.6. The van der Waals surface area contributed by atoms with E-state index in [9.17, 15) is 4.79 Å². The summed E-state index contributed by atoms with van der Waals surface area (Å²) < 4.78 is 12.7. The van der Waals surface area contributed by atoms with Crippen LogP contribution < -0.4 is 14.8 Å². The largest absolute Gasteiger partial charge is 0.497 e. The summed E-state index contributed by atoms with van der Waals surface area (Å²) in [6.45, 7) is 6.33. The Labute approximate surface area is 165 Å². The van der Waals surface area contributed by atoms with Crippen LogP contribution in [0.5, 0.6) is 11.5 Å². The minimum Gasteiger partial charge on any atom is -0.497 e. The number of nitrogens with zero attached hydrogens (tertiary/aromatic N) is 2. The van der Waals surface area contributed by atoms with Gasteiger partial charge in [0.05, 0.1) is 19.9 Å². The Morgan fingerprint density at radius 1 is 1.07 bits per heavy atom. The number of rotatable bonds is 7. The van der Waals surface area contributed by atoms with E-state index in [0.717, 1.165) is 16.9 Å². The predicted molar refractivity (Wildman–Crippen MR) is 109 cm³/mol. The summed E-state index contributed by atoms with van der Waals surface area (Å²) in [5, 5.41) is 7.19. The van der Waals surface area contributed by atoms with Gasteiger partial charge in [0.15, 0.2) is 6.10 Å². The van der Waals surface area contributed by atoms with Crippen molar-refractivity contribution in [2.24, 2.45) is 0 Å². The van der Waals surface area contributed by atoms with Crippen molar-refractivity contribution in [1.82, 2.24) is 9.78 Å². The molecular formula is C22H25N3O3. The molecule has 1 N–H and O–H groups in total. The lowest BCUT2D eigenvalue weighted by atomic mass is 10.1. The lowest BCUT2D eigenvalue weighted by molar-refractivity contribution is -0.122. The van der Waals surface area contributed by atoms with Gasteiger partial charge in [-0.15, -0.1) is 0 Å². The number of amides is 1. The first-order chi connectivity index (χ1) is 13.5. The van der Waals surface area contributed by atoms with Gasteiger partial charge in [0.1, 0.15) is 17.3 Å². The average Bonchev–Trinajstić information content (AvgIpc) is 3.12. The van der Waals surface area contributed by atoms with E-state index in [1.807, 2.05) is 56.3 Å². The highest BCUT2D eigenvalue weighted by atomic mass is 16.5. The molecule has 0 saturated carbocycles. The maximum Gasteiger partial charge on any atom is 0.266 e. The molecule has 2 aromatic carbocycles. The monoisotopic (exact) mass is 379 g/mol. The van der Waals surface area contributed by atoms with Crippen molar-refractivity contribution in [2.45, 2.75) is 33.4 Å². The van der Waals surface area contributed by atoms with Crippen LogP contribution in [-0.4, -0.2) is 28.9 Å². The van der Waals surface area contributed by atoms with Crippen LogP contribution in [0, 0.1) is 13.8 Å². The Hall–Kier alpha value is -3.28. The van der Waals surface area contributed by atoms with E-state index in [2.05, 4.69) is 10.4 Å². The van der Waals surface area contributed by atoms with Crippen molar-refractivity contribution in [3.63, 3.8) is 0 Å². The van der Waals surface area contributed by atoms with Gasteiger partial charge >= 0.3 is 0 Å². The summed E-state index contributed by atoms with van der Waals surface area (Å²) in [6.07, 6.45) is 1.03. The zero-order valence-corrected chi connectivity index (χ0v) is 16.6. The number of carbonyl (C=O) groups excluding carboxylic acids is 1. The molecule has 0 radical (unpaired) electrons. The zero-order valence-electron chi connectivity index (χ0n) is 16.6. The van der Waals surface area contributed by atoms with Gasteiger partial charge in [-0.1, -0.05) is 18.2 Å². The minimum atomic E-state index is -0.633. The van der Waals surface area contributed by atoms with Gasteiger partial charge in [-0.3, -0.25) is 4.79 Å². The molecule has 6 heteroatoms. The Bertz CT molecular complexity index is 948. The normalized spacial score (nSPS) is 11.7. The Morgan fingerprint density at radius 3 is 2.46 bits per heavy atom. The third-order valence-electron chi connectivity index (χ3n) is 4.62. The van der Waals surface area contributed by atoms with E-state index in [-0.39, 0.29) is 5.91 Å². The molecule has 1 aromatic heterocycles. The number of nitrogens with one attached hydrogen (secondary N) is 1. The van der Waals surface area contributed by atoms with E-state index < -0.39 is 6.10 Å². The van der Waals surface area contributed by atoms with Gasteiger partial charge in [-0.05, 0) is 61.7 Å². The van der Waals surface area contributed by atoms with Crippen LogP contribution in [0.15, 0.2) is 54.7 Å². The number of hydrogen-bond acceptors (Lipinski definition) is 4. The molecule has 0 aliphatic carbocycles. The minimum absolute atomic E-state index is 0.227. The van der Waals surface area contributed by atoms with Crippen molar-refractivity contribution in [3.8, 4) is 11.5 Å². The number of benzene rings is 2. The molecular weight excluding hydrogens is 354 g/mol. The van der Waals surface area contributed by atoms with Gasteiger partial charge in [0.2, 0.25) is 0 Å². The molecule has 0 saturated heterocycles. The highest BCUT2D eigenvalue weighted by Crippen LogP contribution is 2.19. The van der Waals surface area contributed by atoms with E-state index in [1.54, 1.807) is 31.0 Å². The topological polar surface area (TPSA) is 65.4 Å². The quantitative estimate of drug-likeness (QED) is 0.675. The van der Waals surface area contributed by atoms with Gasteiger partial charge in [0, 0.05) is 6.07 Å². The number of anilines is 1. The lowest BCUT2D eigenvalue weighted by Gasteiger charge is -2.16. The van der Waals surface area contributed by atoms with Crippen LogP contribution in [-0.2, 0) is 11.3 Å². The first kappa shape index (κ1) is 19.5. The molecule has 0 aliphatic heterocycles. The fraction of sp³-hybridized carbons (Fsp3) is 0.273. The molecule has 0 fully saturated rings. The van der Waals surface area contributed by atoms with Gasteiger partial charge < -0.3 is 14.8 Å². The highest BCUT2D eigenvalue weighted by molar-refractivity contribution is 5.93. The third kappa shape index (κ3) is 4.71. The number of hydrogen-bond donors (Lipinski definition) is 1. The van der Waals surface area contributed by atoms with Gasteiger partial charge in [0.25, 0.3) is 5.91 Å². The van der Waals surface area contributed by atoms with Crippen molar-refractivity contribution < 1.29 is 14.3 Å². The smallest absolute Gasteiger partial charge is 0.266 e. The molecule has 1 heterocycles. The SMILES string of the molecule is COc1ccc(Cn2nccc2NC(=O)[C@@H](C)Oc2ccc(C)c(C)c2)cc1. The van der Waals surface area contributed by atoms with Crippen LogP contribution >= 0.6 is 0 Å². The molecule has 0 bridgehead atoms. The maximum atomic E-state index is 12.6. The first-order valence-corrected chi connectivity index (χ1v) is 9.16. The second kappa shape index (κ2) is 8.61. The lowest BCUT2D eigenvalue weighted by Crippen LogP contribution is -2.31. The summed E-state index contributed by atoms with van der Waals surface area (Å²) in [5.41, 5.74) is 3.37. The number of methoxy groups -OCH3 is 1. The molecule has 1 amide bonds. The second-order valence-electron chi connectivity index (χ2n) is 6.72. The standard InChI is InChI=1S/C22H25N3O3/c1-15-5-8-20(13-16(15)2)28-17(3)22(26)24-21-11-12-23-25(21)14-18-6-9-19(27-4)10-7-18/h5-13,17H,14H2,1-4H3,(H,24,26)/t17-/m1/s1.